The van der Waals surface area contributed by atoms with E-state index in [4.69, 9.17) is 5.84 Å². The molecule has 0 saturated carbocycles. The fourth-order valence-electron chi connectivity index (χ4n) is 3.11. The van der Waals surface area contributed by atoms with Crippen LogP contribution in [0.2, 0.25) is 0 Å². The highest BCUT2D eigenvalue weighted by molar-refractivity contribution is 5.92. The van der Waals surface area contributed by atoms with E-state index in [1.165, 1.54) is 25.8 Å². The maximum Gasteiger partial charge on any atom is 0.272 e. The van der Waals surface area contributed by atoms with Gasteiger partial charge in [0.05, 0.1) is 11.9 Å². The van der Waals surface area contributed by atoms with E-state index >= 15 is 0 Å². The first-order valence-electron chi connectivity index (χ1n) is 7.24. The van der Waals surface area contributed by atoms with E-state index in [1.54, 1.807) is 18.3 Å². The molecule has 1 aromatic heterocycles. The van der Waals surface area contributed by atoms with Gasteiger partial charge in [-0.2, -0.15) is 0 Å². The van der Waals surface area contributed by atoms with Gasteiger partial charge in [0.1, 0.15) is 5.69 Å². The van der Waals surface area contributed by atoms with Crippen LogP contribution in [0.1, 0.15) is 29.8 Å². The molecule has 6 nitrogen and oxygen atoms in total. The summed E-state index contributed by atoms with van der Waals surface area (Å²) < 4.78 is 0. The summed E-state index contributed by atoms with van der Waals surface area (Å²) in [6.45, 7) is 3.80. The van der Waals surface area contributed by atoms with Crippen LogP contribution < -0.4 is 11.3 Å². The number of rotatable bonds is 2. The third kappa shape index (κ3) is 2.62. The Morgan fingerprint density at radius 1 is 1.30 bits per heavy atom. The molecule has 1 atom stereocenters. The van der Waals surface area contributed by atoms with Gasteiger partial charge < -0.3 is 10.3 Å². The molecule has 0 aromatic carbocycles. The second-order valence-electron chi connectivity index (χ2n) is 5.51. The number of anilines is 1. The normalized spacial score (nSPS) is 23.2. The predicted molar refractivity (Wildman–Crippen MR) is 77.2 cm³/mol. The lowest BCUT2D eigenvalue weighted by molar-refractivity contribution is 0.0368. The highest BCUT2D eigenvalue weighted by Gasteiger charge is 2.31. The summed E-state index contributed by atoms with van der Waals surface area (Å²) >= 11 is 0. The number of piperazine rings is 1. The van der Waals surface area contributed by atoms with E-state index in [0.29, 0.717) is 17.4 Å². The van der Waals surface area contributed by atoms with E-state index in [-0.39, 0.29) is 5.91 Å². The summed E-state index contributed by atoms with van der Waals surface area (Å²) in [6, 6.07) is 4.04. The number of nitrogen functional groups attached to an aromatic ring is 1. The molecule has 1 unspecified atom stereocenters. The van der Waals surface area contributed by atoms with Gasteiger partial charge in [0.25, 0.3) is 5.91 Å². The van der Waals surface area contributed by atoms with Gasteiger partial charge in [-0.3, -0.25) is 15.5 Å². The molecule has 0 aliphatic carbocycles. The van der Waals surface area contributed by atoms with Crippen LogP contribution in [0.4, 0.5) is 5.69 Å². The summed E-state index contributed by atoms with van der Waals surface area (Å²) in [5.41, 5.74) is 3.72. The zero-order valence-electron chi connectivity index (χ0n) is 11.6. The molecule has 0 radical (unpaired) electrons. The summed E-state index contributed by atoms with van der Waals surface area (Å²) in [5.74, 6) is 5.33. The number of pyridine rings is 1. The fraction of sp³-hybridized carbons (Fsp3) is 0.571. The van der Waals surface area contributed by atoms with Gasteiger partial charge in [-0.1, -0.05) is 6.42 Å². The molecule has 3 rings (SSSR count). The number of amides is 1. The van der Waals surface area contributed by atoms with Crippen LogP contribution in [0.5, 0.6) is 0 Å². The lowest BCUT2D eigenvalue weighted by atomic mass is 9.99. The van der Waals surface area contributed by atoms with E-state index in [2.05, 4.69) is 15.3 Å². The van der Waals surface area contributed by atoms with Crippen molar-refractivity contribution in [1.82, 2.24) is 14.8 Å². The van der Waals surface area contributed by atoms with Crippen molar-refractivity contribution in [2.24, 2.45) is 5.84 Å². The number of nitrogens with two attached hydrogens (primary N) is 1. The average molecular weight is 275 g/mol. The number of nitrogens with zero attached hydrogens (tertiary/aromatic N) is 3. The molecule has 2 aliphatic rings. The Kier molecular flexibility index (Phi) is 3.84. The lowest BCUT2D eigenvalue weighted by Crippen LogP contribution is -2.56. The zero-order chi connectivity index (χ0) is 13.9. The Morgan fingerprint density at radius 2 is 2.20 bits per heavy atom. The third-order valence-corrected chi connectivity index (χ3v) is 4.27. The number of aromatic nitrogens is 1. The Labute approximate surface area is 118 Å². The number of carbonyl (C=O) groups is 1. The summed E-state index contributed by atoms with van der Waals surface area (Å²) in [4.78, 5) is 21.1. The van der Waals surface area contributed by atoms with E-state index in [0.717, 1.165) is 19.6 Å². The molecule has 2 fully saturated rings. The van der Waals surface area contributed by atoms with Gasteiger partial charge in [-0.25, -0.2) is 4.98 Å². The maximum absolute atomic E-state index is 12.5. The predicted octanol–water partition coefficient (Wildman–Crippen LogP) is 0.678. The second-order valence-corrected chi connectivity index (χ2v) is 5.51. The Morgan fingerprint density at radius 3 is 2.95 bits per heavy atom. The molecule has 1 amide bonds. The first-order valence-corrected chi connectivity index (χ1v) is 7.24. The molecule has 3 N–H and O–H groups in total. The van der Waals surface area contributed by atoms with Gasteiger partial charge in [0.2, 0.25) is 0 Å². The summed E-state index contributed by atoms with van der Waals surface area (Å²) in [7, 11) is 0. The molecule has 108 valence electrons. The van der Waals surface area contributed by atoms with Crippen molar-refractivity contribution in [2.45, 2.75) is 25.3 Å². The molecule has 6 heteroatoms. The van der Waals surface area contributed by atoms with Crippen molar-refractivity contribution in [2.75, 3.05) is 31.6 Å². The number of hydrogen-bond donors (Lipinski definition) is 2. The van der Waals surface area contributed by atoms with Gasteiger partial charge in [-0.05, 0) is 31.5 Å². The van der Waals surface area contributed by atoms with Crippen LogP contribution in [0.3, 0.4) is 0 Å². The number of nitrogens with one attached hydrogen (secondary N) is 1. The molecule has 20 heavy (non-hydrogen) atoms. The molecule has 0 bridgehead atoms. The highest BCUT2D eigenvalue weighted by atomic mass is 16.2. The molecule has 1 aromatic rings. The number of carbonyl (C=O) groups excluding carboxylic acids is 1. The summed E-state index contributed by atoms with van der Waals surface area (Å²) in [6.07, 6.45) is 5.36. The molecule has 2 aliphatic heterocycles. The van der Waals surface area contributed by atoms with E-state index in [1.807, 2.05) is 4.90 Å². The smallest absolute Gasteiger partial charge is 0.272 e. The van der Waals surface area contributed by atoms with Gasteiger partial charge >= 0.3 is 0 Å². The topological polar surface area (TPSA) is 74.5 Å². The van der Waals surface area contributed by atoms with Crippen LogP contribution in [0, 0.1) is 0 Å². The van der Waals surface area contributed by atoms with Crippen molar-refractivity contribution in [3.63, 3.8) is 0 Å². The number of piperidine rings is 1. The first-order chi connectivity index (χ1) is 9.78. The van der Waals surface area contributed by atoms with Crippen molar-refractivity contribution in [3.05, 3.63) is 24.0 Å². The molecular formula is C14H21N5O. The SMILES string of the molecule is NNc1ccc(C(=O)N2CCN3CCCCC3C2)nc1. The minimum Gasteiger partial charge on any atom is -0.334 e. The van der Waals surface area contributed by atoms with Crippen molar-refractivity contribution >= 4 is 11.6 Å². The summed E-state index contributed by atoms with van der Waals surface area (Å²) in [5, 5.41) is 0. The first kappa shape index (κ1) is 13.3. The minimum atomic E-state index is 0.0267. The Balaban J connectivity index is 1.67. The number of fused-ring (bicyclic) bond motifs is 1. The van der Waals surface area contributed by atoms with Crippen molar-refractivity contribution in [1.29, 1.82) is 0 Å². The van der Waals surface area contributed by atoms with Gasteiger partial charge in [0, 0.05) is 25.7 Å². The molecule has 3 heterocycles. The van der Waals surface area contributed by atoms with Crippen LogP contribution >= 0.6 is 0 Å². The average Bonchev–Trinajstić information content (AvgIpc) is 2.54. The Hall–Kier alpha value is -1.66. The molecule has 2 saturated heterocycles. The van der Waals surface area contributed by atoms with Crippen LogP contribution in [-0.2, 0) is 0 Å². The Bertz CT molecular complexity index is 475. The second kappa shape index (κ2) is 5.76. The number of hydrogen-bond acceptors (Lipinski definition) is 5. The van der Waals surface area contributed by atoms with Crippen LogP contribution in [-0.4, -0.2) is 52.9 Å². The van der Waals surface area contributed by atoms with Crippen molar-refractivity contribution in [3.8, 4) is 0 Å². The van der Waals surface area contributed by atoms with Crippen molar-refractivity contribution < 1.29 is 4.79 Å². The largest absolute Gasteiger partial charge is 0.334 e. The minimum absolute atomic E-state index is 0.0267. The number of hydrazine groups is 1. The van der Waals surface area contributed by atoms with Gasteiger partial charge in [-0.15, -0.1) is 0 Å². The molecular weight excluding hydrogens is 254 g/mol. The zero-order valence-corrected chi connectivity index (χ0v) is 11.6. The highest BCUT2D eigenvalue weighted by Crippen LogP contribution is 2.22. The van der Waals surface area contributed by atoms with Crippen LogP contribution in [0.15, 0.2) is 18.3 Å². The fourth-order valence-corrected chi connectivity index (χ4v) is 3.11. The monoisotopic (exact) mass is 275 g/mol. The van der Waals surface area contributed by atoms with Crippen LogP contribution in [0.25, 0.3) is 0 Å². The van der Waals surface area contributed by atoms with E-state index < -0.39 is 0 Å². The van der Waals surface area contributed by atoms with Gasteiger partial charge in [0.15, 0.2) is 0 Å². The third-order valence-electron chi connectivity index (χ3n) is 4.27. The standard InChI is InChI=1S/C14H21N5O/c15-17-11-4-5-13(16-9-11)14(20)19-8-7-18-6-2-1-3-12(18)10-19/h4-5,9,12,17H,1-3,6-8,10,15H2. The van der Waals surface area contributed by atoms with E-state index in [9.17, 15) is 4.79 Å². The quantitative estimate of drug-likeness (QED) is 0.613. The maximum atomic E-state index is 12.5. The molecule has 0 spiro atoms. The lowest BCUT2D eigenvalue weighted by Gasteiger charge is -2.43.